The van der Waals surface area contributed by atoms with Crippen molar-refractivity contribution in [2.75, 3.05) is 23.9 Å². The first-order valence-corrected chi connectivity index (χ1v) is 12.1. The lowest BCUT2D eigenvalue weighted by Crippen LogP contribution is -2.14. The van der Waals surface area contributed by atoms with Gasteiger partial charge in [-0.3, -0.25) is 4.78 Å². The smallest absolute Gasteiger partial charge is 0.266 e. The lowest BCUT2D eigenvalue weighted by Gasteiger charge is -2.19. The van der Waals surface area contributed by atoms with Crippen LogP contribution in [0.2, 0.25) is 0 Å². The number of nitrogens with one attached hydrogen (secondary N) is 2. The van der Waals surface area contributed by atoms with Crippen molar-refractivity contribution in [3.05, 3.63) is 59.3 Å². The first kappa shape index (κ1) is 23.0. The maximum absolute atomic E-state index is 14.6. The molecule has 0 aliphatic carbocycles. The molecule has 3 aromatic rings. The lowest BCUT2D eigenvalue weighted by molar-refractivity contribution is 0.146. The first-order chi connectivity index (χ1) is 15.7. The molecule has 1 aliphatic heterocycles. The highest BCUT2D eigenvalue weighted by Crippen LogP contribution is 2.34. The number of allylic oxidation sites excluding steroid dienone is 1. The van der Waals surface area contributed by atoms with Gasteiger partial charge in [-0.25, -0.2) is 32.3 Å². The zero-order valence-corrected chi connectivity index (χ0v) is 18.8. The Morgan fingerprint density at radius 3 is 2.67 bits per heavy atom. The third-order valence-corrected chi connectivity index (χ3v) is 7.09. The predicted octanol–water partition coefficient (Wildman–Crippen LogP) is 5.12. The number of benzene rings is 1. The summed E-state index contributed by atoms with van der Waals surface area (Å²) in [4.78, 5) is 13.0. The molecule has 0 spiro atoms. The number of hydrogen-bond donors (Lipinski definition) is 2. The molecule has 1 unspecified atom stereocenters. The Bertz CT molecular complexity index is 1350. The molecule has 0 saturated heterocycles. The number of methoxy groups -OCH3 is 1. The van der Waals surface area contributed by atoms with Crippen LogP contribution in [0.25, 0.3) is 16.5 Å². The van der Waals surface area contributed by atoms with Crippen molar-refractivity contribution in [3.63, 3.8) is 0 Å². The second-order valence-electron chi connectivity index (χ2n) is 7.71. The van der Waals surface area contributed by atoms with Crippen molar-refractivity contribution in [2.45, 2.75) is 25.8 Å². The number of ether oxygens (including phenoxy) is 1. The van der Waals surface area contributed by atoms with Crippen LogP contribution in [0.15, 0.2) is 36.7 Å². The van der Waals surface area contributed by atoms with E-state index in [1.807, 2.05) is 0 Å². The van der Waals surface area contributed by atoms with Crippen LogP contribution < -0.4 is 10.1 Å². The Balaban J connectivity index is 1.76. The van der Waals surface area contributed by atoms with E-state index in [9.17, 15) is 17.4 Å². The Labute approximate surface area is 189 Å². The Morgan fingerprint density at radius 1 is 1.24 bits per heavy atom. The molecule has 1 aliphatic rings. The fourth-order valence-electron chi connectivity index (χ4n) is 3.74. The van der Waals surface area contributed by atoms with Crippen molar-refractivity contribution in [3.8, 4) is 5.88 Å². The Hall–Kier alpha value is -3.21. The van der Waals surface area contributed by atoms with Gasteiger partial charge in [-0.05, 0) is 25.0 Å². The summed E-state index contributed by atoms with van der Waals surface area (Å²) < 4.78 is 66.1. The summed E-state index contributed by atoms with van der Waals surface area (Å²) in [5.41, 5.74) is 1.26. The highest BCUT2D eigenvalue weighted by molar-refractivity contribution is 7.92. The molecular weight excluding hydrogens is 455 g/mol. The summed E-state index contributed by atoms with van der Waals surface area (Å²) in [5.74, 6) is 0.0460. The molecule has 0 fully saturated rings. The third kappa shape index (κ3) is 4.63. The summed E-state index contributed by atoms with van der Waals surface area (Å²) in [6.45, 7) is 1.65. The number of fused-ring (bicyclic) bond motifs is 1. The number of rotatable bonds is 6. The Morgan fingerprint density at radius 2 is 2.00 bits per heavy atom. The van der Waals surface area contributed by atoms with E-state index in [2.05, 4.69) is 20.3 Å². The molecule has 0 amide bonds. The molecule has 0 radical (unpaired) electrons. The minimum atomic E-state index is -2.92. The normalized spacial score (nSPS) is 19.4. The van der Waals surface area contributed by atoms with Gasteiger partial charge in [-0.2, -0.15) is 0 Å². The predicted molar refractivity (Wildman–Crippen MR) is 120 cm³/mol. The van der Waals surface area contributed by atoms with E-state index in [1.165, 1.54) is 25.6 Å². The van der Waals surface area contributed by atoms with Crippen molar-refractivity contribution in [1.82, 2.24) is 15.0 Å². The minimum Gasteiger partial charge on any atom is -0.479 e. The molecule has 7 nitrogen and oxygen atoms in total. The van der Waals surface area contributed by atoms with Crippen LogP contribution in [-0.4, -0.2) is 37.8 Å². The van der Waals surface area contributed by atoms with E-state index in [0.29, 0.717) is 28.8 Å². The van der Waals surface area contributed by atoms with Crippen LogP contribution in [0.5, 0.6) is 5.88 Å². The van der Waals surface area contributed by atoms with Gasteiger partial charge in [-0.1, -0.05) is 24.3 Å². The van der Waals surface area contributed by atoms with Gasteiger partial charge in [0, 0.05) is 21.0 Å². The van der Waals surface area contributed by atoms with Gasteiger partial charge in [0.2, 0.25) is 5.88 Å². The summed E-state index contributed by atoms with van der Waals surface area (Å²) in [5, 5.41) is 3.64. The van der Waals surface area contributed by atoms with Crippen LogP contribution in [0.4, 0.5) is 19.0 Å². The van der Waals surface area contributed by atoms with Crippen LogP contribution in [-0.2, 0) is 9.73 Å². The number of alkyl halides is 2. The quantitative estimate of drug-likeness (QED) is 0.511. The highest BCUT2D eigenvalue weighted by atomic mass is 32.2. The number of hydrogen-bond acceptors (Lipinski definition) is 7. The molecule has 11 heteroatoms. The molecule has 1 aromatic carbocycles. The van der Waals surface area contributed by atoms with Gasteiger partial charge in [0.05, 0.1) is 35.5 Å². The van der Waals surface area contributed by atoms with Gasteiger partial charge >= 0.3 is 0 Å². The maximum Gasteiger partial charge on any atom is 0.266 e. The second kappa shape index (κ2) is 8.97. The van der Waals surface area contributed by atoms with Crippen LogP contribution in [0.3, 0.4) is 0 Å². The lowest BCUT2D eigenvalue weighted by atomic mass is 10.0. The number of anilines is 1. The van der Waals surface area contributed by atoms with Crippen LogP contribution in [0, 0.1) is 10.6 Å². The first-order valence-electron chi connectivity index (χ1n) is 10.2. The van der Waals surface area contributed by atoms with Gasteiger partial charge in [0.25, 0.3) is 6.43 Å². The standard InChI is InChI=1S/C22H22F3N5O2S/c1-12(14-4-3-5-15(18(14)23)20(24)25)29-21-16-10-17(13-6-8-33(26,31)9-7-13)30-22(32-2)19(16)27-11-28-21/h3-6,10-12,20,26H,7-9H2,1-2H3,(H,27,28,29)/t12-,33?/m1/s1. The number of nitrogens with zero attached hydrogens (tertiary/aromatic N) is 3. The van der Waals surface area contributed by atoms with E-state index >= 15 is 0 Å². The van der Waals surface area contributed by atoms with Crippen molar-refractivity contribution in [1.29, 1.82) is 4.78 Å². The fraction of sp³-hybridized carbons (Fsp3) is 0.318. The summed E-state index contributed by atoms with van der Waals surface area (Å²) in [6.07, 6.45) is 0.569. The molecule has 2 aromatic heterocycles. The topological polar surface area (TPSA) is 101 Å². The van der Waals surface area contributed by atoms with E-state index in [-0.39, 0.29) is 22.9 Å². The van der Waals surface area contributed by atoms with Crippen molar-refractivity contribution >= 4 is 32.0 Å². The molecule has 2 atom stereocenters. The van der Waals surface area contributed by atoms with Crippen molar-refractivity contribution in [2.24, 2.45) is 0 Å². The maximum atomic E-state index is 14.6. The molecule has 0 saturated carbocycles. The molecule has 174 valence electrons. The number of pyridine rings is 1. The minimum absolute atomic E-state index is 0.0843. The zero-order chi connectivity index (χ0) is 23.8. The third-order valence-electron chi connectivity index (χ3n) is 5.53. The van der Waals surface area contributed by atoms with Gasteiger partial charge in [0.1, 0.15) is 23.5 Å². The molecule has 33 heavy (non-hydrogen) atoms. The zero-order valence-electron chi connectivity index (χ0n) is 17.9. The van der Waals surface area contributed by atoms with Gasteiger partial charge in [0.15, 0.2) is 0 Å². The highest BCUT2D eigenvalue weighted by Gasteiger charge is 2.22. The largest absolute Gasteiger partial charge is 0.479 e. The summed E-state index contributed by atoms with van der Waals surface area (Å²) in [6, 6.07) is 4.97. The summed E-state index contributed by atoms with van der Waals surface area (Å²) in [7, 11) is -1.15. The fourth-order valence-corrected chi connectivity index (χ4v) is 4.92. The SMILES string of the molecule is COc1nc(C2=CCS(=N)(=O)CC2)cc2c(N[C@H](C)c3cccc(C(F)F)c3F)ncnc12. The van der Waals surface area contributed by atoms with Gasteiger partial charge in [-0.15, -0.1) is 0 Å². The Kier molecular flexibility index (Phi) is 6.24. The van der Waals surface area contributed by atoms with Crippen LogP contribution >= 0.6 is 0 Å². The molecule has 0 bridgehead atoms. The van der Waals surface area contributed by atoms with Gasteiger partial charge < -0.3 is 10.1 Å². The average molecular weight is 478 g/mol. The monoisotopic (exact) mass is 477 g/mol. The van der Waals surface area contributed by atoms with E-state index < -0.39 is 33.6 Å². The van der Waals surface area contributed by atoms with Crippen molar-refractivity contribution < 1.29 is 22.1 Å². The summed E-state index contributed by atoms with van der Waals surface area (Å²) >= 11 is 0. The number of halogens is 3. The second-order valence-corrected chi connectivity index (χ2v) is 10.1. The van der Waals surface area contributed by atoms with E-state index in [1.54, 1.807) is 19.1 Å². The molecule has 2 N–H and O–H groups in total. The molecule has 3 heterocycles. The van der Waals surface area contributed by atoms with E-state index in [4.69, 9.17) is 9.52 Å². The van der Waals surface area contributed by atoms with Crippen LogP contribution in [0.1, 0.15) is 42.6 Å². The van der Waals surface area contributed by atoms with E-state index in [0.717, 1.165) is 11.6 Å². The number of aromatic nitrogens is 3. The average Bonchev–Trinajstić information content (AvgIpc) is 2.78. The molecular formula is C22H22F3N5O2S. The molecule has 4 rings (SSSR count).